The van der Waals surface area contributed by atoms with E-state index >= 15 is 0 Å². The Morgan fingerprint density at radius 2 is 1.61 bits per heavy atom. The van der Waals surface area contributed by atoms with Gasteiger partial charge in [-0.3, -0.25) is 4.79 Å². The average molecular weight is 327 g/mol. The van der Waals surface area contributed by atoms with E-state index < -0.39 is 0 Å². The van der Waals surface area contributed by atoms with Crippen LogP contribution in [0, 0.1) is 20.8 Å². The SMILES string of the molecule is Cc1ccc(S[C@H](C)C(=O)N[C@H](C)c2ccc(C)c(C)c2)cc1. The van der Waals surface area contributed by atoms with Gasteiger partial charge >= 0.3 is 0 Å². The van der Waals surface area contributed by atoms with Gasteiger partial charge in [-0.1, -0.05) is 35.9 Å². The number of nitrogens with one attached hydrogen (secondary N) is 1. The van der Waals surface area contributed by atoms with Crippen LogP contribution in [-0.2, 0) is 4.79 Å². The Hall–Kier alpha value is -1.74. The molecule has 0 fully saturated rings. The van der Waals surface area contributed by atoms with E-state index in [4.69, 9.17) is 0 Å². The minimum absolute atomic E-state index is 0.0165. The van der Waals surface area contributed by atoms with Crippen molar-refractivity contribution in [2.24, 2.45) is 0 Å². The summed E-state index contributed by atoms with van der Waals surface area (Å²) in [4.78, 5) is 13.5. The number of aryl methyl sites for hydroxylation is 3. The highest BCUT2D eigenvalue weighted by Gasteiger charge is 2.17. The summed E-state index contributed by atoms with van der Waals surface area (Å²) in [6.07, 6.45) is 0. The van der Waals surface area contributed by atoms with Crippen LogP contribution in [0.4, 0.5) is 0 Å². The Balaban J connectivity index is 1.96. The first-order chi connectivity index (χ1) is 10.9. The quantitative estimate of drug-likeness (QED) is 0.786. The predicted molar refractivity (Wildman–Crippen MR) is 99.0 cm³/mol. The van der Waals surface area contributed by atoms with E-state index in [1.807, 2.05) is 13.8 Å². The van der Waals surface area contributed by atoms with Gasteiger partial charge in [-0.15, -0.1) is 11.8 Å². The number of carbonyl (C=O) groups is 1. The van der Waals surface area contributed by atoms with Crippen molar-refractivity contribution in [3.63, 3.8) is 0 Å². The van der Waals surface area contributed by atoms with E-state index in [9.17, 15) is 4.79 Å². The summed E-state index contributed by atoms with van der Waals surface area (Å²) in [5.41, 5.74) is 4.91. The topological polar surface area (TPSA) is 29.1 Å². The highest BCUT2D eigenvalue weighted by atomic mass is 32.2. The number of hydrogen-bond acceptors (Lipinski definition) is 2. The Morgan fingerprint density at radius 1 is 0.957 bits per heavy atom. The number of rotatable bonds is 5. The molecule has 2 aromatic carbocycles. The molecule has 0 aliphatic heterocycles. The molecule has 1 amide bonds. The molecule has 2 aromatic rings. The van der Waals surface area contributed by atoms with Crippen LogP contribution >= 0.6 is 11.8 Å². The Labute approximate surface area is 143 Å². The molecule has 0 aromatic heterocycles. The molecule has 2 nitrogen and oxygen atoms in total. The largest absolute Gasteiger partial charge is 0.349 e. The van der Waals surface area contributed by atoms with Crippen molar-refractivity contribution in [2.45, 2.75) is 50.8 Å². The zero-order chi connectivity index (χ0) is 17.0. The number of carbonyl (C=O) groups excluding carboxylic acids is 1. The van der Waals surface area contributed by atoms with Crippen molar-refractivity contribution in [3.8, 4) is 0 Å². The smallest absolute Gasteiger partial charge is 0.233 e. The molecule has 0 spiro atoms. The van der Waals surface area contributed by atoms with E-state index in [1.165, 1.54) is 16.7 Å². The fraction of sp³-hybridized carbons (Fsp3) is 0.350. The molecule has 2 atom stereocenters. The van der Waals surface area contributed by atoms with Gasteiger partial charge in [-0.2, -0.15) is 0 Å². The maximum absolute atomic E-state index is 12.4. The third-order valence-electron chi connectivity index (χ3n) is 4.09. The van der Waals surface area contributed by atoms with Gasteiger partial charge in [0.2, 0.25) is 5.91 Å². The van der Waals surface area contributed by atoms with Crippen molar-refractivity contribution in [1.82, 2.24) is 5.32 Å². The molecule has 2 rings (SSSR count). The normalized spacial score (nSPS) is 13.4. The van der Waals surface area contributed by atoms with Crippen molar-refractivity contribution < 1.29 is 4.79 Å². The molecule has 0 aliphatic carbocycles. The van der Waals surface area contributed by atoms with Crippen LogP contribution in [0.1, 0.15) is 42.1 Å². The number of hydrogen-bond donors (Lipinski definition) is 1. The third kappa shape index (κ3) is 4.87. The molecule has 1 N–H and O–H groups in total. The van der Waals surface area contributed by atoms with E-state index in [2.05, 4.69) is 68.6 Å². The lowest BCUT2D eigenvalue weighted by Gasteiger charge is -2.18. The maximum atomic E-state index is 12.4. The van der Waals surface area contributed by atoms with Gasteiger partial charge in [0.05, 0.1) is 11.3 Å². The molecule has 3 heteroatoms. The Kier molecular flexibility index (Phi) is 5.89. The van der Waals surface area contributed by atoms with Gasteiger partial charge in [-0.25, -0.2) is 0 Å². The summed E-state index contributed by atoms with van der Waals surface area (Å²) in [5.74, 6) is 0.0707. The van der Waals surface area contributed by atoms with Crippen LogP contribution in [-0.4, -0.2) is 11.2 Å². The maximum Gasteiger partial charge on any atom is 0.233 e. The van der Waals surface area contributed by atoms with Gasteiger partial charge < -0.3 is 5.32 Å². The fourth-order valence-corrected chi connectivity index (χ4v) is 3.20. The highest BCUT2D eigenvalue weighted by Crippen LogP contribution is 2.24. The average Bonchev–Trinajstić information content (AvgIpc) is 2.52. The van der Waals surface area contributed by atoms with Crippen molar-refractivity contribution in [1.29, 1.82) is 0 Å². The zero-order valence-electron chi connectivity index (χ0n) is 14.5. The summed E-state index contributed by atoms with van der Waals surface area (Å²) >= 11 is 1.59. The van der Waals surface area contributed by atoms with Crippen molar-refractivity contribution in [2.75, 3.05) is 0 Å². The third-order valence-corrected chi connectivity index (χ3v) is 5.20. The summed E-state index contributed by atoms with van der Waals surface area (Å²) in [7, 11) is 0. The second-order valence-corrected chi connectivity index (χ2v) is 7.56. The lowest BCUT2D eigenvalue weighted by atomic mass is 10.0. The standard InChI is InChI=1S/C20H25NOS/c1-13-6-10-19(11-7-13)23-17(5)20(22)21-16(4)18-9-8-14(2)15(3)12-18/h6-12,16-17H,1-5H3,(H,21,22)/t16-,17-/m1/s1. The molecular formula is C20H25NOS. The molecule has 0 saturated carbocycles. The minimum atomic E-state index is -0.119. The summed E-state index contributed by atoms with van der Waals surface area (Å²) in [5, 5.41) is 3.00. The van der Waals surface area contributed by atoms with E-state index in [0.717, 1.165) is 10.5 Å². The molecule has 0 bridgehead atoms. The summed E-state index contributed by atoms with van der Waals surface area (Å²) in [6.45, 7) is 10.2. The zero-order valence-corrected chi connectivity index (χ0v) is 15.3. The minimum Gasteiger partial charge on any atom is -0.349 e. The first kappa shape index (κ1) is 17.6. The molecular weight excluding hydrogens is 302 g/mol. The summed E-state index contributed by atoms with van der Waals surface area (Å²) < 4.78 is 0. The first-order valence-corrected chi connectivity index (χ1v) is 8.85. The highest BCUT2D eigenvalue weighted by molar-refractivity contribution is 8.00. The van der Waals surface area contributed by atoms with Crippen LogP contribution in [0.25, 0.3) is 0 Å². The molecule has 0 aliphatic rings. The molecule has 0 saturated heterocycles. The van der Waals surface area contributed by atoms with Gasteiger partial charge in [0.15, 0.2) is 0 Å². The monoisotopic (exact) mass is 327 g/mol. The van der Waals surface area contributed by atoms with Crippen LogP contribution in [0.15, 0.2) is 47.4 Å². The fourth-order valence-electron chi connectivity index (χ4n) is 2.32. The van der Waals surface area contributed by atoms with E-state index in [0.29, 0.717) is 0 Å². The summed E-state index contributed by atoms with van der Waals surface area (Å²) in [6, 6.07) is 14.6. The van der Waals surface area contributed by atoms with Crippen LogP contribution in [0.5, 0.6) is 0 Å². The predicted octanol–water partition coefficient (Wildman–Crippen LogP) is 4.97. The molecule has 0 heterocycles. The Morgan fingerprint density at radius 3 is 2.22 bits per heavy atom. The van der Waals surface area contributed by atoms with E-state index in [1.54, 1.807) is 11.8 Å². The van der Waals surface area contributed by atoms with Crippen LogP contribution < -0.4 is 5.32 Å². The van der Waals surface area contributed by atoms with Crippen LogP contribution in [0.3, 0.4) is 0 Å². The van der Waals surface area contributed by atoms with Crippen LogP contribution in [0.2, 0.25) is 0 Å². The van der Waals surface area contributed by atoms with Gasteiger partial charge in [-0.05, 0) is 63.4 Å². The van der Waals surface area contributed by atoms with Gasteiger partial charge in [0.1, 0.15) is 0 Å². The molecule has 0 radical (unpaired) electrons. The number of benzene rings is 2. The number of thioether (sulfide) groups is 1. The van der Waals surface area contributed by atoms with Crippen molar-refractivity contribution >= 4 is 17.7 Å². The second-order valence-electron chi connectivity index (χ2n) is 6.15. The lowest BCUT2D eigenvalue weighted by Crippen LogP contribution is -2.33. The second kappa shape index (κ2) is 7.69. The first-order valence-electron chi connectivity index (χ1n) is 7.97. The van der Waals surface area contributed by atoms with Gasteiger partial charge in [0, 0.05) is 4.90 Å². The Bertz CT molecular complexity index is 679. The molecule has 0 unspecified atom stereocenters. The van der Waals surface area contributed by atoms with E-state index in [-0.39, 0.29) is 17.2 Å². The number of amides is 1. The molecule has 122 valence electrons. The molecule has 23 heavy (non-hydrogen) atoms. The lowest BCUT2D eigenvalue weighted by molar-refractivity contribution is -0.120. The van der Waals surface area contributed by atoms with Crippen molar-refractivity contribution in [3.05, 3.63) is 64.7 Å². The van der Waals surface area contributed by atoms with Gasteiger partial charge in [0.25, 0.3) is 0 Å².